The van der Waals surface area contributed by atoms with E-state index in [2.05, 4.69) is 24.1 Å². The topological polar surface area (TPSA) is 42.0 Å². The summed E-state index contributed by atoms with van der Waals surface area (Å²) in [7, 11) is 0. The van der Waals surface area contributed by atoms with E-state index < -0.39 is 11.7 Å². The molecule has 0 spiro atoms. The second kappa shape index (κ2) is 6.61. The van der Waals surface area contributed by atoms with E-state index in [-0.39, 0.29) is 11.2 Å². The van der Waals surface area contributed by atoms with Gasteiger partial charge in [-0.25, -0.2) is 4.39 Å². The number of nitrogens with zero attached hydrogens (tertiary/aromatic N) is 1. The van der Waals surface area contributed by atoms with Crippen molar-refractivity contribution < 1.29 is 9.18 Å². The van der Waals surface area contributed by atoms with Crippen LogP contribution in [0.1, 0.15) is 43.9 Å². The van der Waals surface area contributed by atoms with Gasteiger partial charge in [-0.15, -0.1) is 0 Å². The number of hydrogen-bond donors (Lipinski definition) is 1. The minimum atomic E-state index is -0.532. The van der Waals surface area contributed by atoms with Gasteiger partial charge in [-0.05, 0) is 42.2 Å². The molecule has 3 nitrogen and oxygen atoms in total. The van der Waals surface area contributed by atoms with Gasteiger partial charge in [-0.2, -0.15) is 0 Å². The van der Waals surface area contributed by atoms with Crippen LogP contribution in [0.25, 0.3) is 5.70 Å². The molecule has 1 aliphatic carbocycles. The molecule has 0 amide bonds. The highest BCUT2D eigenvalue weighted by molar-refractivity contribution is 6.31. The molecule has 2 aliphatic rings. The number of dihydropyridines is 1. The van der Waals surface area contributed by atoms with Crippen molar-refractivity contribution in [3.05, 3.63) is 82.0 Å². The number of nitrogens with one attached hydrogen (secondary N) is 1. The number of allylic oxidation sites excluding steroid dienone is 3. The summed E-state index contributed by atoms with van der Waals surface area (Å²) in [6.45, 7) is 4.14. The first-order chi connectivity index (χ1) is 12.9. The van der Waals surface area contributed by atoms with E-state index in [0.717, 1.165) is 17.1 Å². The van der Waals surface area contributed by atoms with E-state index in [1.165, 1.54) is 6.07 Å². The van der Waals surface area contributed by atoms with Crippen LogP contribution in [-0.2, 0) is 4.79 Å². The van der Waals surface area contributed by atoms with Crippen LogP contribution in [0.5, 0.6) is 0 Å². The minimum absolute atomic E-state index is 0.0365. The average Bonchev–Trinajstić information content (AvgIpc) is 2.60. The zero-order valence-electron chi connectivity index (χ0n) is 15.2. The Bertz CT molecular complexity index is 959. The van der Waals surface area contributed by atoms with Gasteiger partial charge in [0.1, 0.15) is 5.82 Å². The second-order valence-electron chi connectivity index (χ2n) is 7.87. The first-order valence-electron chi connectivity index (χ1n) is 8.96. The molecule has 1 N–H and O–H groups in total. The maximum atomic E-state index is 14.7. The van der Waals surface area contributed by atoms with Gasteiger partial charge < -0.3 is 5.32 Å². The van der Waals surface area contributed by atoms with Gasteiger partial charge in [-0.3, -0.25) is 9.78 Å². The molecule has 2 heterocycles. The lowest BCUT2D eigenvalue weighted by Gasteiger charge is -2.38. The number of pyridine rings is 1. The molecule has 0 saturated carbocycles. The molecular weight excluding hydrogens is 363 g/mol. The van der Waals surface area contributed by atoms with Gasteiger partial charge in [0.05, 0.1) is 11.4 Å². The van der Waals surface area contributed by atoms with Crippen LogP contribution in [0.15, 0.2) is 59.9 Å². The molecule has 1 atom stereocenters. The maximum Gasteiger partial charge on any atom is 0.162 e. The van der Waals surface area contributed by atoms with Crippen LogP contribution in [0.2, 0.25) is 5.02 Å². The van der Waals surface area contributed by atoms with Gasteiger partial charge in [0.15, 0.2) is 5.78 Å². The number of carbonyl (C=O) groups excluding carboxylic acids is 1. The Morgan fingerprint density at radius 1 is 1.19 bits per heavy atom. The van der Waals surface area contributed by atoms with Gasteiger partial charge >= 0.3 is 0 Å². The average molecular weight is 383 g/mol. The van der Waals surface area contributed by atoms with Gasteiger partial charge in [0.2, 0.25) is 0 Å². The monoisotopic (exact) mass is 382 g/mol. The summed E-state index contributed by atoms with van der Waals surface area (Å²) in [4.78, 5) is 17.4. The predicted molar refractivity (Wildman–Crippen MR) is 105 cm³/mol. The van der Waals surface area contributed by atoms with Gasteiger partial charge in [0, 0.05) is 40.4 Å². The van der Waals surface area contributed by atoms with Crippen LogP contribution in [0.4, 0.5) is 4.39 Å². The van der Waals surface area contributed by atoms with E-state index in [1.807, 2.05) is 24.3 Å². The van der Waals surface area contributed by atoms with E-state index in [9.17, 15) is 9.18 Å². The summed E-state index contributed by atoms with van der Waals surface area (Å²) in [5.41, 5.74) is 3.15. The summed E-state index contributed by atoms with van der Waals surface area (Å²) in [6, 6.07) is 10.3. The summed E-state index contributed by atoms with van der Waals surface area (Å²) < 4.78 is 14.7. The Labute approximate surface area is 163 Å². The van der Waals surface area contributed by atoms with E-state index >= 15 is 0 Å². The summed E-state index contributed by atoms with van der Waals surface area (Å²) in [5, 5.41) is 3.71. The number of ketones is 1. The van der Waals surface area contributed by atoms with Crippen LogP contribution in [0.3, 0.4) is 0 Å². The molecule has 138 valence electrons. The number of aromatic nitrogens is 1. The first kappa shape index (κ1) is 17.9. The highest BCUT2D eigenvalue weighted by atomic mass is 35.5. The highest BCUT2D eigenvalue weighted by Gasteiger charge is 2.40. The molecule has 0 radical (unpaired) electrons. The molecule has 0 unspecified atom stereocenters. The molecule has 1 aromatic heterocycles. The largest absolute Gasteiger partial charge is 0.357 e. The van der Waals surface area contributed by atoms with Crippen LogP contribution in [0, 0.1) is 11.2 Å². The molecule has 4 rings (SSSR count). The molecule has 1 aromatic carbocycles. The lowest BCUT2D eigenvalue weighted by Crippen LogP contribution is -2.35. The zero-order chi connectivity index (χ0) is 19.2. The number of Topliss-reactive ketones (excluding diaryl/α,β-unsaturated/α-hetero) is 1. The zero-order valence-corrected chi connectivity index (χ0v) is 16.0. The van der Waals surface area contributed by atoms with Gasteiger partial charge in [0.25, 0.3) is 0 Å². The van der Waals surface area contributed by atoms with Crippen molar-refractivity contribution in [3.63, 3.8) is 0 Å². The highest BCUT2D eigenvalue weighted by Crippen LogP contribution is 2.46. The van der Waals surface area contributed by atoms with Crippen molar-refractivity contribution in [2.75, 3.05) is 0 Å². The second-order valence-corrected chi connectivity index (χ2v) is 8.27. The Morgan fingerprint density at radius 3 is 2.70 bits per heavy atom. The van der Waals surface area contributed by atoms with E-state index in [1.54, 1.807) is 18.3 Å². The molecule has 1 aliphatic heterocycles. The summed E-state index contributed by atoms with van der Waals surface area (Å²) >= 11 is 6.35. The van der Waals surface area contributed by atoms with Crippen molar-refractivity contribution >= 4 is 23.1 Å². The van der Waals surface area contributed by atoms with Crippen LogP contribution >= 0.6 is 11.6 Å². The van der Waals surface area contributed by atoms with Crippen molar-refractivity contribution in [2.45, 2.75) is 32.6 Å². The molecule has 2 aromatic rings. The fourth-order valence-electron chi connectivity index (χ4n) is 3.97. The third-order valence-electron chi connectivity index (χ3n) is 5.10. The van der Waals surface area contributed by atoms with Crippen molar-refractivity contribution in [3.8, 4) is 0 Å². The van der Waals surface area contributed by atoms with Crippen LogP contribution in [-0.4, -0.2) is 10.8 Å². The van der Waals surface area contributed by atoms with Crippen molar-refractivity contribution in [1.29, 1.82) is 0 Å². The normalized spacial score (nSPS) is 21.4. The summed E-state index contributed by atoms with van der Waals surface area (Å²) in [5.74, 6) is -0.902. The van der Waals surface area contributed by atoms with Crippen LogP contribution < -0.4 is 5.32 Å². The lowest BCUT2D eigenvalue weighted by atomic mass is 9.70. The number of benzene rings is 1. The molecule has 0 saturated heterocycles. The summed E-state index contributed by atoms with van der Waals surface area (Å²) in [6.07, 6.45) is 4.72. The van der Waals surface area contributed by atoms with E-state index in [0.29, 0.717) is 29.0 Å². The third-order valence-corrected chi connectivity index (χ3v) is 5.43. The smallest absolute Gasteiger partial charge is 0.162 e. The number of hydrogen-bond acceptors (Lipinski definition) is 3. The quantitative estimate of drug-likeness (QED) is 0.771. The van der Waals surface area contributed by atoms with E-state index in [4.69, 9.17) is 11.6 Å². The molecule has 5 heteroatoms. The fourth-order valence-corrected chi connectivity index (χ4v) is 4.25. The fraction of sp³-hybridized carbons (Fsp3) is 0.273. The molecule has 0 fully saturated rings. The standard InChI is InChI=1S/C22H20ClFN2O/c1-22(2)11-18-21(19(27)12-22)13(20-14(23)6-5-7-15(20)24)10-17(26-18)16-8-3-4-9-25-16/h3-10,13,26H,11-12H2,1-2H3/t13-/m0/s1. The Morgan fingerprint density at radius 2 is 2.00 bits per heavy atom. The number of halogens is 2. The predicted octanol–water partition coefficient (Wildman–Crippen LogP) is 5.25. The maximum absolute atomic E-state index is 14.7. The van der Waals surface area contributed by atoms with Gasteiger partial charge in [-0.1, -0.05) is 37.6 Å². The SMILES string of the molecule is CC1(C)CC(=O)C2=C(C1)NC(c1ccccn1)=C[C@H]2c1c(F)cccc1Cl. The minimum Gasteiger partial charge on any atom is -0.357 e. The van der Waals surface area contributed by atoms with Crippen molar-refractivity contribution in [1.82, 2.24) is 10.3 Å². The molecular formula is C22H20ClFN2O. The Balaban J connectivity index is 1.91. The Hall–Kier alpha value is -2.46. The molecule has 27 heavy (non-hydrogen) atoms. The molecule has 0 bridgehead atoms. The van der Waals surface area contributed by atoms with Crippen molar-refractivity contribution in [2.24, 2.45) is 5.41 Å². The number of carbonyl (C=O) groups is 1. The third kappa shape index (κ3) is 3.30. The number of rotatable bonds is 2. The Kier molecular flexibility index (Phi) is 4.39. The lowest BCUT2D eigenvalue weighted by molar-refractivity contribution is -0.118. The first-order valence-corrected chi connectivity index (χ1v) is 9.34.